The predicted molar refractivity (Wildman–Crippen MR) is 47.0 cm³/mol. The summed E-state index contributed by atoms with van der Waals surface area (Å²) in [6, 6.07) is 0.960. The first-order valence-corrected chi connectivity index (χ1v) is 4.19. The van der Waals surface area contributed by atoms with E-state index in [2.05, 4.69) is 0 Å². The highest BCUT2D eigenvalue weighted by Gasteiger charge is 2.18. The van der Waals surface area contributed by atoms with Crippen LogP contribution in [0.15, 0.2) is 10.9 Å². The normalized spacial score (nSPS) is 10.6. The van der Waals surface area contributed by atoms with E-state index in [1.54, 1.807) is 0 Å². The van der Waals surface area contributed by atoms with Crippen LogP contribution in [-0.4, -0.2) is 11.3 Å². The van der Waals surface area contributed by atoms with Gasteiger partial charge in [-0.2, -0.15) is 0 Å². The number of aromatic nitrogens is 1. The number of halogens is 3. The third-order valence-corrected chi connectivity index (χ3v) is 1.97. The van der Waals surface area contributed by atoms with E-state index in [0.29, 0.717) is 0 Å². The molecule has 0 saturated heterocycles. The van der Waals surface area contributed by atoms with Crippen LogP contribution in [0, 0.1) is 0 Å². The smallest absolute Gasteiger partial charge is 0.266 e. The van der Waals surface area contributed by atoms with E-state index < -0.39 is 23.2 Å². The van der Waals surface area contributed by atoms with Crippen molar-refractivity contribution < 1.29 is 13.6 Å². The Morgan fingerprint density at radius 1 is 1.57 bits per heavy atom. The molecule has 1 aromatic rings. The summed E-state index contributed by atoms with van der Waals surface area (Å²) >= 11 is 5.38. The molecule has 0 amide bonds. The summed E-state index contributed by atoms with van der Waals surface area (Å²) < 4.78 is 24.9. The minimum atomic E-state index is -2.83. The van der Waals surface area contributed by atoms with Crippen LogP contribution >= 0.6 is 11.6 Å². The number of carbonyl (C=O) groups is 1. The molecule has 0 unspecified atom stereocenters. The molecule has 0 aliphatic heterocycles. The Morgan fingerprint density at radius 3 is 2.64 bits per heavy atom. The molecular weight excluding hydrogens is 216 g/mol. The van der Waals surface area contributed by atoms with Gasteiger partial charge in [0.2, 0.25) is 5.56 Å². The maximum absolute atomic E-state index is 12.5. The van der Waals surface area contributed by atoms with Gasteiger partial charge in [-0.1, -0.05) is 0 Å². The molecule has 0 saturated carbocycles. The summed E-state index contributed by atoms with van der Waals surface area (Å²) in [6.45, 7) is 0. The number of hydrogen-bond acceptors (Lipinski definition) is 2. The fraction of sp³-hybridized carbons (Fsp3) is 0.250. The lowest BCUT2D eigenvalue weighted by atomic mass is 10.1. The zero-order chi connectivity index (χ0) is 10.7. The molecular formula is C8H6ClF2NO2. The number of carbonyl (C=O) groups excluding carboxylic acids is 1. The molecule has 0 fully saturated rings. The molecule has 0 aliphatic rings. The second-order valence-electron chi connectivity index (χ2n) is 2.54. The van der Waals surface area contributed by atoms with Crippen molar-refractivity contribution >= 4 is 17.9 Å². The number of aldehydes is 1. The summed E-state index contributed by atoms with van der Waals surface area (Å²) in [5.74, 6) is -0.232. The van der Waals surface area contributed by atoms with Crippen molar-refractivity contribution in [2.75, 3.05) is 0 Å². The quantitative estimate of drug-likeness (QED) is 0.626. The largest absolute Gasteiger partial charge is 0.319 e. The van der Waals surface area contributed by atoms with Crippen LogP contribution < -0.4 is 5.56 Å². The number of hydrogen-bond donors (Lipinski definition) is 1. The van der Waals surface area contributed by atoms with Crippen molar-refractivity contribution in [1.29, 1.82) is 0 Å². The van der Waals surface area contributed by atoms with Crippen molar-refractivity contribution in [2.45, 2.75) is 12.3 Å². The maximum Gasteiger partial charge on any atom is 0.266 e. The van der Waals surface area contributed by atoms with E-state index in [4.69, 9.17) is 11.6 Å². The lowest BCUT2D eigenvalue weighted by Gasteiger charge is -2.07. The molecule has 1 aromatic heterocycles. The minimum absolute atomic E-state index is 0.0208. The Hall–Kier alpha value is -1.23. The van der Waals surface area contributed by atoms with Crippen LogP contribution in [0.25, 0.3) is 0 Å². The molecule has 0 spiro atoms. The van der Waals surface area contributed by atoms with E-state index in [1.807, 2.05) is 4.98 Å². The van der Waals surface area contributed by atoms with Crippen LogP contribution in [0.2, 0.25) is 0 Å². The zero-order valence-corrected chi connectivity index (χ0v) is 7.65. The number of alkyl halides is 3. The molecule has 1 N–H and O–H groups in total. The standard InChI is InChI=1S/C8H6ClF2NO2/c9-2-4-1-6(14)12-5(3-13)7(4)8(10)11/h1,3,8H,2H2,(H,12,14). The first kappa shape index (κ1) is 10.8. The van der Waals surface area contributed by atoms with E-state index in [1.165, 1.54) is 0 Å². The molecule has 14 heavy (non-hydrogen) atoms. The molecule has 1 rings (SSSR count). The van der Waals surface area contributed by atoms with Crippen molar-refractivity contribution in [3.8, 4) is 0 Å². The van der Waals surface area contributed by atoms with Crippen LogP contribution in [-0.2, 0) is 5.88 Å². The average Bonchev–Trinajstić information content (AvgIpc) is 2.15. The summed E-state index contributed by atoms with van der Waals surface area (Å²) in [5, 5.41) is 0. The predicted octanol–water partition coefficient (Wildman–Crippen LogP) is 1.86. The third-order valence-electron chi connectivity index (χ3n) is 1.68. The fourth-order valence-electron chi connectivity index (χ4n) is 1.11. The van der Waals surface area contributed by atoms with E-state index in [0.717, 1.165) is 6.07 Å². The van der Waals surface area contributed by atoms with E-state index in [-0.39, 0.29) is 17.7 Å². The molecule has 6 heteroatoms. The highest BCUT2D eigenvalue weighted by Crippen LogP contribution is 2.24. The summed E-state index contributed by atoms with van der Waals surface area (Å²) in [6.07, 6.45) is -2.65. The molecule has 0 radical (unpaired) electrons. The van der Waals surface area contributed by atoms with Gasteiger partial charge < -0.3 is 4.98 Å². The Bertz CT molecular complexity index is 403. The molecule has 76 valence electrons. The first-order valence-electron chi connectivity index (χ1n) is 3.65. The third kappa shape index (κ3) is 1.98. The number of H-pyrrole nitrogens is 1. The highest BCUT2D eigenvalue weighted by molar-refractivity contribution is 6.17. The van der Waals surface area contributed by atoms with Crippen LogP contribution in [0.4, 0.5) is 8.78 Å². The molecule has 0 aliphatic carbocycles. The molecule has 0 atom stereocenters. The second-order valence-corrected chi connectivity index (χ2v) is 2.81. The fourth-order valence-corrected chi connectivity index (χ4v) is 1.33. The number of rotatable bonds is 3. The Kier molecular flexibility index (Phi) is 3.35. The van der Waals surface area contributed by atoms with E-state index >= 15 is 0 Å². The van der Waals surface area contributed by atoms with Gasteiger partial charge in [0, 0.05) is 17.5 Å². The first-order chi connectivity index (χ1) is 6.60. The lowest BCUT2D eigenvalue weighted by Crippen LogP contribution is -2.13. The summed E-state index contributed by atoms with van der Waals surface area (Å²) in [7, 11) is 0. The highest BCUT2D eigenvalue weighted by atomic mass is 35.5. The molecule has 0 aromatic carbocycles. The van der Waals surface area contributed by atoms with Crippen LogP contribution in [0.5, 0.6) is 0 Å². The Labute approximate surface area is 82.7 Å². The van der Waals surface area contributed by atoms with Gasteiger partial charge in [0.05, 0.1) is 5.69 Å². The Morgan fingerprint density at radius 2 is 2.21 bits per heavy atom. The van der Waals surface area contributed by atoms with Crippen LogP contribution in [0.3, 0.4) is 0 Å². The van der Waals surface area contributed by atoms with Crippen molar-refractivity contribution in [2.24, 2.45) is 0 Å². The van der Waals surface area contributed by atoms with Gasteiger partial charge in [0.25, 0.3) is 6.43 Å². The summed E-state index contributed by atoms with van der Waals surface area (Å²) in [5.41, 5.74) is -1.56. The summed E-state index contributed by atoms with van der Waals surface area (Å²) in [4.78, 5) is 23.3. The van der Waals surface area contributed by atoms with Crippen molar-refractivity contribution in [3.63, 3.8) is 0 Å². The van der Waals surface area contributed by atoms with Crippen molar-refractivity contribution in [3.05, 3.63) is 33.2 Å². The van der Waals surface area contributed by atoms with Crippen molar-refractivity contribution in [1.82, 2.24) is 4.98 Å². The monoisotopic (exact) mass is 221 g/mol. The SMILES string of the molecule is O=Cc1[nH]c(=O)cc(CCl)c1C(F)F. The van der Waals surface area contributed by atoms with Gasteiger partial charge in [0.15, 0.2) is 6.29 Å². The van der Waals surface area contributed by atoms with Crippen LogP contribution in [0.1, 0.15) is 28.0 Å². The number of aromatic amines is 1. The Balaban J connectivity index is 3.48. The van der Waals surface area contributed by atoms with Gasteiger partial charge in [-0.15, -0.1) is 11.6 Å². The lowest BCUT2D eigenvalue weighted by molar-refractivity contribution is 0.110. The molecule has 1 heterocycles. The zero-order valence-electron chi connectivity index (χ0n) is 6.89. The molecule has 0 bridgehead atoms. The van der Waals surface area contributed by atoms with Gasteiger partial charge in [-0.25, -0.2) is 8.78 Å². The van der Waals surface area contributed by atoms with Gasteiger partial charge in [0.1, 0.15) is 0 Å². The number of nitrogens with one attached hydrogen (secondary N) is 1. The van der Waals surface area contributed by atoms with Gasteiger partial charge >= 0.3 is 0 Å². The van der Waals surface area contributed by atoms with E-state index in [9.17, 15) is 18.4 Å². The van der Waals surface area contributed by atoms with Gasteiger partial charge in [-0.05, 0) is 5.56 Å². The second kappa shape index (κ2) is 4.32. The van der Waals surface area contributed by atoms with Gasteiger partial charge in [-0.3, -0.25) is 9.59 Å². The average molecular weight is 222 g/mol. The maximum atomic E-state index is 12.5. The molecule has 3 nitrogen and oxygen atoms in total. The number of pyridine rings is 1. The minimum Gasteiger partial charge on any atom is -0.319 e. The topological polar surface area (TPSA) is 49.9 Å².